The van der Waals surface area contributed by atoms with E-state index in [-0.39, 0.29) is 0 Å². The van der Waals surface area contributed by atoms with Crippen LogP contribution in [0.4, 0.5) is 19.0 Å². The van der Waals surface area contributed by atoms with Crippen molar-refractivity contribution in [2.24, 2.45) is 0 Å². The molecule has 0 amide bonds. The minimum absolute atomic E-state index is 0.526. The Balaban J connectivity index is 1.68. The van der Waals surface area contributed by atoms with Gasteiger partial charge >= 0.3 is 6.18 Å². The van der Waals surface area contributed by atoms with Crippen molar-refractivity contribution < 1.29 is 13.2 Å². The van der Waals surface area contributed by atoms with Crippen LogP contribution in [0.2, 0.25) is 0 Å². The largest absolute Gasteiger partial charge is 0.433 e. The molecule has 0 saturated carbocycles. The number of hydrogen-bond donors (Lipinski definition) is 2. The van der Waals surface area contributed by atoms with Gasteiger partial charge in [-0.3, -0.25) is 9.97 Å². The molecule has 5 nitrogen and oxygen atoms in total. The Morgan fingerprint density at radius 3 is 2.67 bits per heavy atom. The molecular formula is C19H14F3N5. The highest BCUT2D eigenvalue weighted by atomic mass is 19.4. The number of H-pyrrole nitrogens is 1. The molecule has 0 saturated heterocycles. The van der Waals surface area contributed by atoms with Crippen molar-refractivity contribution in [3.05, 3.63) is 72.4 Å². The molecule has 4 rings (SSSR count). The fourth-order valence-corrected chi connectivity index (χ4v) is 2.78. The summed E-state index contributed by atoms with van der Waals surface area (Å²) in [5.74, 6) is 0.601. The van der Waals surface area contributed by atoms with Gasteiger partial charge in [-0.05, 0) is 35.4 Å². The second-order valence-electron chi connectivity index (χ2n) is 5.94. The van der Waals surface area contributed by atoms with E-state index >= 15 is 0 Å². The third-order valence-corrected chi connectivity index (χ3v) is 4.09. The Kier molecular flexibility index (Phi) is 4.23. The zero-order valence-corrected chi connectivity index (χ0v) is 14.0. The van der Waals surface area contributed by atoms with Crippen LogP contribution in [0, 0.1) is 0 Å². The monoisotopic (exact) mass is 369 g/mol. The van der Waals surface area contributed by atoms with Gasteiger partial charge in [0.15, 0.2) is 0 Å². The number of nitrogens with one attached hydrogen (secondary N) is 2. The molecule has 8 heteroatoms. The van der Waals surface area contributed by atoms with Crippen molar-refractivity contribution in [3.63, 3.8) is 0 Å². The molecule has 0 aliphatic rings. The second kappa shape index (κ2) is 6.71. The number of halogens is 3. The second-order valence-corrected chi connectivity index (χ2v) is 5.94. The molecule has 0 unspecified atom stereocenters. The fraction of sp³-hybridized carbons (Fsp3) is 0.105. The summed E-state index contributed by atoms with van der Waals surface area (Å²) in [6.45, 7) is 0.526. The average molecular weight is 369 g/mol. The minimum atomic E-state index is -4.46. The molecule has 4 aromatic rings. The summed E-state index contributed by atoms with van der Waals surface area (Å²) in [7, 11) is 0. The Labute approximate surface area is 152 Å². The van der Waals surface area contributed by atoms with Crippen LogP contribution < -0.4 is 5.32 Å². The number of anilines is 1. The first-order chi connectivity index (χ1) is 13.0. The van der Waals surface area contributed by atoms with Gasteiger partial charge in [-0.15, -0.1) is 0 Å². The van der Waals surface area contributed by atoms with Crippen molar-refractivity contribution in [1.82, 2.24) is 19.9 Å². The van der Waals surface area contributed by atoms with Crippen LogP contribution in [-0.4, -0.2) is 19.9 Å². The van der Waals surface area contributed by atoms with E-state index in [0.717, 1.165) is 22.6 Å². The van der Waals surface area contributed by atoms with Crippen molar-refractivity contribution >= 4 is 16.9 Å². The maximum Gasteiger partial charge on any atom is 0.433 e. The minimum Gasteiger partial charge on any atom is -0.366 e. The number of aromatic nitrogens is 4. The van der Waals surface area contributed by atoms with Gasteiger partial charge in [-0.25, -0.2) is 4.98 Å². The standard InChI is InChI=1S/C19H14F3N5/c20-19(21,22)16-4-3-13(11-25-16)15-8-17(27-18-14(15)5-7-24-18)26-10-12-2-1-6-23-9-12/h1-9,11H,10H2,(H2,24,26,27). The van der Waals surface area contributed by atoms with Crippen molar-refractivity contribution in [3.8, 4) is 11.1 Å². The molecule has 0 bridgehead atoms. The Morgan fingerprint density at radius 1 is 1.07 bits per heavy atom. The van der Waals surface area contributed by atoms with E-state index in [1.54, 1.807) is 24.7 Å². The maximum absolute atomic E-state index is 12.8. The molecule has 0 fully saturated rings. The molecular weight excluding hydrogens is 355 g/mol. The van der Waals surface area contributed by atoms with Crippen LogP contribution in [0.15, 0.2) is 61.2 Å². The highest BCUT2D eigenvalue weighted by Gasteiger charge is 2.32. The van der Waals surface area contributed by atoms with Crippen LogP contribution in [0.25, 0.3) is 22.2 Å². The summed E-state index contributed by atoms with van der Waals surface area (Å²) < 4.78 is 38.3. The van der Waals surface area contributed by atoms with Gasteiger partial charge in [-0.1, -0.05) is 12.1 Å². The number of fused-ring (bicyclic) bond motifs is 1. The summed E-state index contributed by atoms with van der Waals surface area (Å²) >= 11 is 0. The molecule has 4 heterocycles. The lowest BCUT2D eigenvalue weighted by molar-refractivity contribution is -0.141. The summed E-state index contributed by atoms with van der Waals surface area (Å²) in [6.07, 6.45) is 1.96. The van der Waals surface area contributed by atoms with Crippen molar-refractivity contribution in [2.45, 2.75) is 12.7 Å². The first-order valence-electron chi connectivity index (χ1n) is 8.15. The van der Waals surface area contributed by atoms with Crippen LogP contribution in [-0.2, 0) is 12.7 Å². The third kappa shape index (κ3) is 3.59. The first-order valence-corrected chi connectivity index (χ1v) is 8.15. The third-order valence-electron chi connectivity index (χ3n) is 4.09. The topological polar surface area (TPSA) is 66.5 Å². The zero-order chi connectivity index (χ0) is 18.9. The van der Waals surface area contributed by atoms with Gasteiger partial charge in [0, 0.05) is 42.3 Å². The fourth-order valence-electron chi connectivity index (χ4n) is 2.78. The van der Waals surface area contributed by atoms with E-state index in [9.17, 15) is 13.2 Å². The lowest BCUT2D eigenvalue weighted by Crippen LogP contribution is -2.07. The van der Waals surface area contributed by atoms with Crippen LogP contribution in [0.5, 0.6) is 0 Å². The van der Waals surface area contributed by atoms with Gasteiger partial charge in [0.2, 0.25) is 0 Å². The summed E-state index contributed by atoms with van der Waals surface area (Å²) in [6, 6.07) is 9.82. The number of rotatable bonds is 4. The van der Waals surface area contributed by atoms with Crippen LogP contribution in [0.1, 0.15) is 11.3 Å². The summed E-state index contributed by atoms with van der Waals surface area (Å²) in [5.41, 5.74) is 2.04. The normalized spacial score (nSPS) is 11.7. The number of pyridine rings is 3. The molecule has 27 heavy (non-hydrogen) atoms. The Hall–Kier alpha value is -3.42. The zero-order valence-electron chi connectivity index (χ0n) is 14.0. The smallest absolute Gasteiger partial charge is 0.366 e. The molecule has 0 radical (unpaired) electrons. The molecule has 2 N–H and O–H groups in total. The molecule has 136 valence electrons. The number of hydrogen-bond acceptors (Lipinski definition) is 4. The number of aromatic amines is 1. The number of nitrogens with zero attached hydrogens (tertiary/aromatic N) is 3. The Morgan fingerprint density at radius 2 is 1.96 bits per heavy atom. The van der Waals surface area contributed by atoms with E-state index < -0.39 is 11.9 Å². The van der Waals surface area contributed by atoms with Crippen LogP contribution in [0.3, 0.4) is 0 Å². The van der Waals surface area contributed by atoms with Crippen LogP contribution >= 0.6 is 0 Å². The lowest BCUT2D eigenvalue weighted by Gasteiger charge is -2.10. The molecule has 4 aromatic heterocycles. The van der Waals surface area contributed by atoms with Crippen molar-refractivity contribution in [2.75, 3.05) is 5.32 Å². The van der Waals surface area contributed by atoms with Gasteiger partial charge in [-0.2, -0.15) is 13.2 Å². The lowest BCUT2D eigenvalue weighted by atomic mass is 10.0. The number of alkyl halides is 3. The Bertz CT molecular complexity index is 1060. The average Bonchev–Trinajstić information content (AvgIpc) is 3.14. The quantitative estimate of drug-likeness (QED) is 0.549. The van der Waals surface area contributed by atoms with Crippen molar-refractivity contribution in [1.29, 1.82) is 0 Å². The highest BCUT2D eigenvalue weighted by molar-refractivity contribution is 5.94. The molecule has 0 aliphatic heterocycles. The maximum atomic E-state index is 12.8. The highest BCUT2D eigenvalue weighted by Crippen LogP contribution is 2.32. The van der Waals surface area contributed by atoms with E-state index in [1.165, 1.54) is 12.3 Å². The van der Waals surface area contributed by atoms with E-state index in [4.69, 9.17) is 0 Å². The van der Waals surface area contributed by atoms with Gasteiger partial charge in [0.25, 0.3) is 0 Å². The van der Waals surface area contributed by atoms with Gasteiger partial charge < -0.3 is 10.3 Å². The molecule has 0 aliphatic carbocycles. The van der Waals surface area contributed by atoms with E-state index in [0.29, 0.717) is 23.6 Å². The first kappa shape index (κ1) is 17.0. The molecule has 0 spiro atoms. The molecule has 0 aromatic carbocycles. The predicted molar refractivity (Wildman–Crippen MR) is 95.9 cm³/mol. The predicted octanol–water partition coefficient (Wildman–Crippen LogP) is 4.65. The molecule has 0 atom stereocenters. The SMILES string of the molecule is FC(F)(F)c1ccc(-c2cc(NCc3cccnc3)nc3[nH]ccc23)cn1. The van der Waals surface area contributed by atoms with Gasteiger partial charge in [0.05, 0.1) is 0 Å². The summed E-state index contributed by atoms with van der Waals surface area (Å²) in [5, 5.41) is 4.03. The van der Waals surface area contributed by atoms with E-state index in [1.807, 2.05) is 18.2 Å². The van der Waals surface area contributed by atoms with E-state index in [2.05, 4.69) is 25.3 Å². The van der Waals surface area contributed by atoms with Gasteiger partial charge in [0.1, 0.15) is 17.2 Å². The summed E-state index contributed by atoms with van der Waals surface area (Å²) in [4.78, 5) is 15.2.